The van der Waals surface area contributed by atoms with Crippen molar-refractivity contribution in [2.75, 3.05) is 27.7 Å². The lowest BCUT2D eigenvalue weighted by Gasteiger charge is -2.30. The van der Waals surface area contributed by atoms with Gasteiger partial charge in [-0.15, -0.1) is 0 Å². The Kier molecular flexibility index (Phi) is 6.88. The van der Waals surface area contributed by atoms with Crippen LogP contribution in [0.1, 0.15) is 50.8 Å². The zero-order chi connectivity index (χ0) is 30.7. The summed E-state index contributed by atoms with van der Waals surface area (Å²) < 4.78 is 29.0. The van der Waals surface area contributed by atoms with Crippen LogP contribution in [0, 0.1) is 6.92 Å². The minimum absolute atomic E-state index is 0.0209. The zero-order valence-electron chi connectivity index (χ0n) is 25.0. The van der Waals surface area contributed by atoms with Gasteiger partial charge >= 0.3 is 0 Å². The van der Waals surface area contributed by atoms with E-state index in [0.29, 0.717) is 29.6 Å². The average molecular weight is 595 g/mol. The van der Waals surface area contributed by atoms with Crippen molar-refractivity contribution in [3.05, 3.63) is 107 Å². The number of hydrogen-bond acceptors (Lipinski definition) is 5. The van der Waals surface area contributed by atoms with Gasteiger partial charge in [-0.25, -0.2) is 17.4 Å². The monoisotopic (exact) mass is 594 g/mol. The van der Waals surface area contributed by atoms with E-state index in [1.165, 1.54) is 8.87 Å². The molecule has 2 aliphatic rings. The van der Waals surface area contributed by atoms with Crippen LogP contribution in [0.4, 0.5) is 0 Å². The number of benzene rings is 2. The molecule has 4 aromatic rings. The number of pyridine rings is 1. The SMILES string of the molecule is Cc1cc(C2=CC(C)(S(=O)(=O)n3cc(-c4ccc(C(=O)N(C)C)cc4)c4cccnc43)CC=C2)cc2c1C(=O)N(C)CC2. The Morgan fingerprint density at radius 2 is 1.81 bits per heavy atom. The van der Waals surface area contributed by atoms with Gasteiger partial charge in [0.15, 0.2) is 5.65 Å². The van der Waals surface area contributed by atoms with E-state index in [4.69, 9.17) is 0 Å². The van der Waals surface area contributed by atoms with Crippen LogP contribution in [0.25, 0.3) is 27.7 Å². The van der Waals surface area contributed by atoms with Gasteiger partial charge in [-0.1, -0.05) is 42.5 Å². The second kappa shape index (κ2) is 10.3. The van der Waals surface area contributed by atoms with Crippen molar-refractivity contribution in [1.82, 2.24) is 18.8 Å². The number of fused-ring (bicyclic) bond motifs is 2. The van der Waals surface area contributed by atoms with Crippen molar-refractivity contribution in [2.24, 2.45) is 0 Å². The number of aromatic nitrogens is 2. The maximum atomic E-state index is 14.5. The Balaban J connectivity index is 1.42. The van der Waals surface area contributed by atoms with E-state index in [1.807, 2.05) is 62.5 Å². The van der Waals surface area contributed by atoms with Gasteiger partial charge < -0.3 is 9.80 Å². The molecule has 0 spiro atoms. The molecule has 0 N–H and O–H groups in total. The van der Waals surface area contributed by atoms with Crippen molar-refractivity contribution >= 4 is 38.4 Å². The van der Waals surface area contributed by atoms with Gasteiger partial charge in [0.05, 0.1) is 0 Å². The minimum atomic E-state index is -3.99. The lowest BCUT2D eigenvalue weighted by atomic mass is 9.87. The molecule has 6 rings (SSSR count). The van der Waals surface area contributed by atoms with E-state index >= 15 is 0 Å². The van der Waals surface area contributed by atoms with E-state index < -0.39 is 14.8 Å². The third-order valence-electron chi connectivity index (χ3n) is 8.54. The maximum absolute atomic E-state index is 14.5. The minimum Gasteiger partial charge on any atom is -0.345 e. The second-order valence-corrected chi connectivity index (χ2v) is 14.1. The molecule has 0 fully saturated rings. The molecule has 220 valence electrons. The fourth-order valence-electron chi connectivity index (χ4n) is 6.05. The van der Waals surface area contributed by atoms with Gasteiger partial charge in [-0.3, -0.25) is 9.59 Å². The Labute approximate surface area is 252 Å². The number of nitrogens with zero attached hydrogens (tertiary/aromatic N) is 4. The van der Waals surface area contributed by atoms with Crippen LogP contribution in [-0.2, 0) is 16.4 Å². The molecular formula is C34H34N4O4S. The first-order valence-corrected chi connectivity index (χ1v) is 15.7. The number of rotatable bonds is 5. The number of carbonyl (C=O) groups is 2. The molecule has 0 saturated carbocycles. The van der Waals surface area contributed by atoms with Gasteiger partial charge in [-0.05, 0) is 78.8 Å². The highest BCUT2D eigenvalue weighted by atomic mass is 32.2. The van der Waals surface area contributed by atoms with Crippen molar-refractivity contribution in [3.8, 4) is 11.1 Å². The molecule has 8 nitrogen and oxygen atoms in total. The van der Waals surface area contributed by atoms with Gasteiger partial charge in [0.25, 0.3) is 11.8 Å². The lowest BCUT2D eigenvalue weighted by Crippen LogP contribution is -2.38. The molecule has 1 unspecified atom stereocenters. The summed E-state index contributed by atoms with van der Waals surface area (Å²) in [6, 6.07) is 14.8. The summed E-state index contributed by atoms with van der Waals surface area (Å²) >= 11 is 0. The normalized spacial score (nSPS) is 18.5. The molecule has 2 amide bonds. The summed E-state index contributed by atoms with van der Waals surface area (Å²) in [5.74, 6) is -0.0836. The first kappa shape index (κ1) is 28.6. The van der Waals surface area contributed by atoms with E-state index in [9.17, 15) is 18.0 Å². The molecule has 1 aliphatic carbocycles. The molecule has 9 heteroatoms. The summed E-state index contributed by atoms with van der Waals surface area (Å²) in [6.07, 6.45) is 9.98. The molecule has 0 saturated heterocycles. The quantitative estimate of drug-likeness (QED) is 0.312. The summed E-state index contributed by atoms with van der Waals surface area (Å²) in [6.45, 7) is 4.33. The van der Waals surface area contributed by atoms with E-state index in [2.05, 4.69) is 4.98 Å². The fourth-order valence-corrected chi connectivity index (χ4v) is 7.69. The zero-order valence-corrected chi connectivity index (χ0v) is 25.8. The van der Waals surface area contributed by atoms with Crippen molar-refractivity contribution in [3.63, 3.8) is 0 Å². The molecule has 0 radical (unpaired) electrons. The fraction of sp³-hybridized carbons (Fsp3) is 0.265. The van der Waals surface area contributed by atoms with E-state index in [1.54, 1.807) is 56.5 Å². The Bertz CT molecular complexity index is 1970. The van der Waals surface area contributed by atoms with Gasteiger partial charge in [0, 0.05) is 62.2 Å². The molecule has 2 aromatic carbocycles. The van der Waals surface area contributed by atoms with Crippen LogP contribution >= 0.6 is 0 Å². The molecule has 1 aliphatic heterocycles. The van der Waals surface area contributed by atoms with Crippen LogP contribution in [0.3, 0.4) is 0 Å². The first-order valence-electron chi connectivity index (χ1n) is 14.2. The van der Waals surface area contributed by atoms with Crippen molar-refractivity contribution in [2.45, 2.75) is 31.4 Å². The average Bonchev–Trinajstić information content (AvgIpc) is 3.39. The molecule has 0 bridgehead atoms. The largest absolute Gasteiger partial charge is 0.345 e. The number of allylic oxidation sites excluding steroid dienone is 3. The molecule has 3 heterocycles. The molecule has 43 heavy (non-hydrogen) atoms. The smallest absolute Gasteiger partial charge is 0.254 e. The van der Waals surface area contributed by atoms with Gasteiger partial charge in [-0.2, -0.15) is 0 Å². The van der Waals surface area contributed by atoms with Gasteiger partial charge in [0.2, 0.25) is 10.0 Å². The predicted octanol–water partition coefficient (Wildman–Crippen LogP) is 5.32. The Morgan fingerprint density at radius 1 is 1.07 bits per heavy atom. The van der Waals surface area contributed by atoms with E-state index in [0.717, 1.165) is 45.4 Å². The summed E-state index contributed by atoms with van der Waals surface area (Å²) in [4.78, 5) is 32.9. The van der Waals surface area contributed by atoms with Gasteiger partial charge in [0.1, 0.15) is 4.75 Å². The van der Waals surface area contributed by atoms with Crippen LogP contribution in [0.15, 0.2) is 79.2 Å². The Morgan fingerprint density at radius 3 is 2.53 bits per heavy atom. The number of likely N-dealkylation sites (N-methyl/N-ethyl adjacent to an activating group) is 1. The third-order valence-corrected chi connectivity index (χ3v) is 10.8. The number of hydrogen-bond donors (Lipinski definition) is 0. The van der Waals surface area contributed by atoms with Crippen molar-refractivity contribution < 1.29 is 18.0 Å². The highest BCUT2D eigenvalue weighted by Gasteiger charge is 2.41. The van der Waals surface area contributed by atoms with Crippen LogP contribution in [-0.4, -0.2) is 71.4 Å². The van der Waals surface area contributed by atoms with Crippen LogP contribution < -0.4 is 0 Å². The topological polar surface area (TPSA) is 92.6 Å². The highest BCUT2D eigenvalue weighted by Crippen LogP contribution is 2.39. The van der Waals surface area contributed by atoms with E-state index in [-0.39, 0.29) is 11.8 Å². The third kappa shape index (κ3) is 4.68. The first-order chi connectivity index (χ1) is 20.4. The highest BCUT2D eigenvalue weighted by molar-refractivity contribution is 7.91. The summed E-state index contributed by atoms with van der Waals surface area (Å²) in [5, 5.41) is 0.705. The van der Waals surface area contributed by atoms with Crippen LogP contribution in [0.5, 0.6) is 0 Å². The summed E-state index contributed by atoms with van der Waals surface area (Å²) in [5.41, 5.74) is 6.73. The van der Waals surface area contributed by atoms with Crippen LogP contribution in [0.2, 0.25) is 0 Å². The number of amides is 2. The number of carbonyl (C=O) groups excluding carboxylic acids is 2. The lowest BCUT2D eigenvalue weighted by molar-refractivity contribution is 0.0779. The standard InChI is InChI=1S/C34H34N4O4S/c1-22-18-27(19-25-14-17-37(5)33(40)30(22)25)26-8-6-15-34(2,20-26)43(41,42)38-21-29(28-9-7-16-35-31(28)38)23-10-12-24(13-11-23)32(39)36(3)4/h6-13,16,18-21H,14-15,17H2,1-5H3. The predicted molar refractivity (Wildman–Crippen MR) is 169 cm³/mol. The second-order valence-electron chi connectivity index (χ2n) is 11.8. The Hall–Kier alpha value is -4.50. The number of aryl methyl sites for hydroxylation is 1. The summed E-state index contributed by atoms with van der Waals surface area (Å²) in [7, 11) is 1.23. The molecular weight excluding hydrogens is 560 g/mol. The molecule has 2 aromatic heterocycles. The molecule has 1 atom stereocenters. The van der Waals surface area contributed by atoms with Crippen molar-refractivity contribution in [1.29, 1.82) is 0 Å². The maximum Gasteiger partial charge on any atom is 0.254 e.